The van der Waals surface area contributed by atoms with Gasteiger partial charge < -0.3 is 14.8 Å². The molecule has 1 spiro atoms. The van der Waals surface area contributed by atoms with Crippen molar-refractivity contribution in [3.8, 4) is 0 Å². The largest absolute Gasteiger partial charge is 0.378 e. The molecule has 0 aliphatic carbocycles. The second-order valence-electron chi connectivity index (χ2n) is 5.53. The van der Waals surface area contributed by atoms with Gasteiger partial charge in [0, 0.05) is 32.2 Å². The molecule has 2 aliphatic heterocycles. The van der Waals surface area contributed by atoms with Crippen molar-refractivity contribution in [1.29, 1.82) is 0 Å². The Morgan fingerprint density at radius 1 is 1.37 bits per heavy atom. The van der Waals surface area contributed by atoms with Gasteiger partial charge in [-0.1, -0.05) is 12.1 Å². The number of benzene rings is 1. The average Bonchev–Trinajstić information content (AvgIpc) is 2.85. The Labute approximate surface area is 113 Å². The molecule has 19 heavy (non-hydrogen) atoms. The third-order valence-corrected chi connectivity index (χ3v) is 4.04. The van der Waals surface area contributed by atoms with E-state index in [0.29, 0.717) is 19.2 Å². The fraction of sp³-hybridized carbons (Fsp3) is 0.600. The van der Waals surface area contributed by atoms with Crippen molar-refractivity contribution < 1.29 is 13.9 Å². The molecular weight excluding hydrogens is 245 g/mol. The van der Waals surface area contributed by atoms with Gasteiger partial charge in [-0.15, -0.1) is 0 Å². The minimum absolute atomic E-state index is 0.0716. The van der Waals surface area contributed by atoms with Crippen molar-refractivity contribution in [3.63, 3.8) is 0 Å². The van der Waals surface area contributed by atoms with Crippen molar-refractivity contribution in [3.05, 3.63) is 35.6 Å². The Bertz CT molecular complexity index is 432. The molecule has 1 N–H and O–H groups in total. The molecule has 2 unspecified atom stereocenters. The summed E-state index contributed by atoms with van der Waals surface area (Å²) in [5, 5.41) is 3.51. The summed E-state index contributed by atoms with van der Waals surface area (Å²) in [5.41, 5.74) is 0.918. The average molecular weight is 265 g/mol. The molecular formula is C15H20FNO2. The SMILES string of the molecule is Fc1cccc(CNC2CCOC3(CCOC3)C2)c1. The maximum atomic E-state index is 13.1. The highest BCUT2D eigenvalue weighted by molar-refractivity contribution is 5.16. The summed E-state index contributed by atoms with van der Waals surface area (Å²) < 4.78 is 24.5. The van der Waals surface area contributed by atoms with Gasteiger partial charge in [-0.2, -0.15) is 0 Å². The smallest absolute Gasteiger partial charge is 0.123 e. The molecule has 104 valence electrons. The number of hydrogen-bond donors (Lipinski definition) is 1. The molecule has 1 aromatic carbocycles. The lowest BCUT2D eigenvalue weighted by Crippen LogP contribution is -2.47. The maximum absolute atomic E-state index is 13.1. The van der Waals surface area contributed by atoms with E-state index in [-0.39, 0.29) is 11.4 Å². The van der Waals surface area contributed by atoms with Gasteiger partial charge in [0.2, 0.25) is 0 Å². The number of nitrogens with one attached hydrogen (secondary N) is 1. The van der Waals surface area contributed by atoms with Gasteiger partial charge >= 0.3 is 0 Å². The summed E-state index contributed by atoms with van der Waals surface area (Å²) in [7, 11) is 0. The van der Waals surface area contributed by atoms with Gasteiger partial charge in [0.25, 0.3) is 0 Å². The molecule has 4 heteroatoms. The molecule has 3 rings (SSSR count). The summed E-state index contributed by atoms with van der Waals surface area (Å²) in [5.74, 6) is -0.174. The fourth-order valence-corrected chi connectivity index (χ4v) is 2.97. The van der Waals surface area contributed by atoms with Crippen molar-refractivity contribution in [2.24, 2.45) is 0 Å². The predicted molar refractivity (Wildman–Crippen MR) is 70.4 cm³/mol. The first kappa shape index (κ1) is 13.0. The standard InChI is InChI=1S/C15H20FNO2/c16-13-3-1-2-12(8-13)10-17-14-4-6-19-15(9-14)5-7-18-11-15/h1-3,8,14,17H,4-7,9-11H2. The van der Waals surface area contributed by atoms with Crippen LogP contribution >= 0.6 is 0 Å². The Morgan fingerprint density at radius 2 is 2.32 bits per heavy atom. The zero-order chi connectivity index (χ0) is 13.1. The van der Waals surface area contributed by atoms with Crippen LogP contribution in [-0.2, 0) is 16.0 Å². The van der Waals surface area contributed by atoms with Crippen LogP contribution in [0.3, 0.4) is 0 Å². The van der Waals surface area contributed by atoms with Crippen LogP contribution in [0.25, 0.3) is 0 Å². The van der Waals surface area contributed by atoms with E-state index in [0.717, 1.165) is 38.0 Å². The van der Waals surface area contributed by atoms with Crippen LogP contribution in [0.2, 0.25) is 0 Å². The molecule has 2 aliphatic rings. The summed E-state index contributed by atoms with van der Waals surface area (Å²) in [6.45, 7) is 3.01. The molecule has 3 nitrogen and oxygen atoms in total. The van der Waals surface area contributed by atoms with Crippen molar-refractivity contribution >= 4 is 0 Å². The van der Waals surface area contributed by atoms with E-state index in [1.54, 1.807) is 12.1 Å². The van der Waals surface area contributed by atoms with Gasteiger partial charge in [0.1, 0.15) is 5.82 Å². The van der Waals surface area contributed by atoms with E-state index in [1.165, 1.54) is 6.07 Å². The summed E-state index contributed by atoms with van der Waals surface area (Å²) in [6, 6.07) is 7.19. The molecule has 0 saturated carbocycles. The molecule has 0 aromatic heterocycles. The first-order chi connectivity index (χ1) is 9.26. The topological polar surface area (TPSA) is 30.5 Å². The highest BCUT2D eigenvalue weighted by Gasteiger charge is 2.40. The van der Waals surface area contributed by atoms with E-state index in [1.807, 2.05) is 6.07 Å². The minimum atomic E-state index is -0.174. The van der Waals surface area contributed by atoms with Gasteiger partial charge in [-0.25, -0.2) is 4.39 Å². The minimum Gasteiger partial charge on any atom is -0.378 e. The summed E-state index contributed by atoms with van der Waals surface area (Å²) in [6.07, 6.45) is 2.99. The first-order valence-electron chi connectivity index (χ1n) is 6.95. The number of rotatable bonds is 3. The molecule has 2 atom stereocenters. The van der Waals surface area contributed by atoms with Gasteiger partial charge in [0.05, 0.1) is 12.2 Å². The third-order valence-electron chi connectivity index (χ3n) is 4.04. The normalized spacial score (nSPS) is 30.9. The Balaban J connectivity index is 1.55. The van der Waals surface area contributed by atoms with E-state index < -0.39 is 0 Å². The van der Waals surface area contributed by atoms with Crippen LogP contribution in [0.1, 0.15) is 24.8 Å². The van der Waals surface area contributed by atoms with Crippen LogP contribution in [-0.4, -0.2) is 31.5 Å². The molecule has 2 saturated heterocycles. The second kappa shape index (κ2) is 5.57. The zero-order valence-corrected chi connectivity index (χ0v) is 11.0. The predicted octanol–water partition coefficient (Wildman–Crippen LogP) is 2.25. The Hall–Kier alpha value is -0.970. The summed E-state index contributed by atoms with van der Waals surface area (Å²) in [4.78, 5) is 0. The lowest BCUT2D eigenvalue weighted by atomic mass is 9.89. The number of hydrogen-bond acceptors (Lipinski definition) is 3. The van der Waals surface area contributed by atoms with Crippen LogP contribution < -0.4 is 5.32 Å². The maximum Gasteiger partial charge on any atom is 0.123 e. The van der Waals surface area contributed by atoms with E-state index >= 15 is 0 Å². The second-order valence-corrected chi connectivity index (χ2v) is 5.53. The van der Waals surface area contributed by atoms with E-state index in [4.69, 9.17) is 9.47 Å². The highest BCUT2D eigenvalue weighted by Crippen LogP contribution is 2.32. The molecule has 0 bridgehead atoms. The van der Waals surface area contributed by atoms with Crippen molar-refractivity contribution in [1.82, 2.24) is 5.32 Å². The molecule has 1 aromatic rings. The Kier molecular flexibility index (Phi) is 3.82. The van der Waals surface area contributed by atoms with E-state index in [9.17, 15) is 4.39 Å². The first-order valence-corrected chi connectivity index (χ1v) is 6.95. The number of ether oxygens (including phenoxy) is 2. The van der Waals surface area contributed by atoms with Gasteiger partial charge in [0.15, 0.2) is 0 Å². The highest BCUT2D eigenvalue weighted by atomic mass is 19.1. The number of halogens is 1. The molecule has 2 fully saturated rings. The lowest BCUT2D eigenvalue weighted by Gasteiger charge is -2.37. The third kappa shape index (κ3) is 3.14. The molecule has 2 heterocycles. The monoisotopic (exact) mass is 265 g/mol. The quantitative estimate of drug-likeness (QED) is 0.909. The zero-order valence-electron chi connectivity index (χ0n) is 11.0. The molecule has 0 radical (unpaired) electrons. The van der Waals surface area contributed by atoms with E-state index in [2.05, 4.69) is 5.32 Å². The molecule has 0 amide bonds. The van der Waals surface area contributed by atoms with Crippen LogP contribution in [0.4, 0.5) is 4.39 Å². The summed E-state index contributed by atoms with van der Waals surface area (Å²) >= 11 is 0. The lowest BCUT2D eigenvalue weighted by molar-refractivity contribution is -0.0894. The Morgan fingerprint density at radius 3 is 3.11 bits per heavy atom. The van der Waals surface area contributed by atoms with Crippen LogP contribution in [0.15, 0.2) is 24.3 Å². The van der Waals surface area contributed by atoms with Gasteiger partial charge in [-0.05, 0) is 30.5 Å². The fourth-order valence-electron chi connectivity index (χ4n) is 2.97. The van der Waals surface area contributed by atoms with Crippen LogP contribution in [0.5, 0.6) is 0 Å². The van der Waals surface area contributed by atoms with Crippen molar-refractivity contribution in [2.45, 2.75) is 37.5 Å². The van der Waals surface area contributed by atoms with Crippen molar-refractivity contribution in [2.75, 3.05) is 19.8 Å². The van der Waals surface area contributed by atoms with Crippen LogP contribution in [0, 0.1) is 5.82 Å². The van der Waals surface area contributed by atoms with Gasteiger partial charge in [-0.3, -0.25) is 0 Å².